The number of carbonyl (C=O) groups excluding carboxylic acids is 1. The predicted octanol–water partition coefficient (Wildman–Crippen LogP) is 3.39. The van der Waals surface area contributed by atoms with E-state index in [1.165, 1.54) is 0 Å². The number of rotatable bonds is 9. The predicted molar refractivity (Wildman–Crippen MR) is 117 cm³/mol. The van der Waals surface area contributed by atoms with Gasteiger partial charge >= 0.3 is 0 Å². The Morgan fingerprint density at radius 3 is 2.28 bits per heavy atom. The number of hydrogen-bond acceptors (Lipinski definition) is 4. The maximum absolute atomic E-state index is 12.4. The first-order chi connectivity index (χ1) is 13.6. The Morgan fingerprint density at radius 2 is 1.69 bits per heavy atom. The number of sulfonamides is 1. The molecule has 2 aromatic carbocycles. The van der Waals surface area contributed by atoms with Crippen molar-refractivity contribution in [2.24, 2.45) is 0 Å². The number of benzene rings is 2. The van der Waals surface area contributed by atoms with E-state index in [2.05, 4.69) is 19.2 Å². The van der Waals surface area contributed by atoms with Gasteiger partial charge in [0.15, 0.2) is 0 Å². The second-order valence-electron chi connectivity index (χ2n) is 7.40. The third kappa shape index (κ3) is 6.22. The van der Waals surface area contributed by atoms with Crippen molar-refractivity contribution in [2.75, 3.05) is 30.3 Å². The molecule has 0 spiro atoms. The first kappa shape index (κ1) is 22.7. The van der Waals surface area contributed by atoms with Gasteiger partial charge in [-0.25, -0.2) is 8.42 Å². The number of amides is 1. The van der Waals surface area contributed by atoms with Crippen LogP contribution in [-0.4, -0.2) is 40.3 Å². The Morgan fingerprint density at radius 1 is 1.07 bits per heavy atom. The number of anilines is 1. The lowest BCUT2D eigenvalue weighted by atomic mass is 10.0. The monoisotopic (exact) mass is 418 g/mol. The van der Waals surface area contributed by atoms with Crippen LogP contribution in [0.5, 0.6) is 5.75 Å². The number of carbonyl (C=O) groups is 1. The zero-order chi connectivity index (χ0) is 21.6. The molecule has 0 saturated carbocycles. The lowest BCUT2D eigenvalue weighted by Crippen LogP contribution is -2.42. The molecule has 0 aliphatic rings. The van der Waals surface area contributed by atoms with E-state index in [0.29, 0.717) is 18.2 Å². The molecule has 1 N–H and O–H groups in total. The van der Waals surface area contributed by atoms with Crippen LogP contribution in [0, 0.1) is 13.8 Å². The van der Waals surface area contributed by atoms with Crippen LogP contribution in [0.1, 0.15) is 36.5 Å². The highest BCUT2D eigenvalue weighted by Crippen LogP contribution is 2.27. The molecule has 0 saturated heterocycles. The molecule has 0 atom stereocenters. The summed E-state index contributed by atoms with van der Waals surface area (Å²) in [5, 5.41) is 2.74. The Balaban J connectivity index is 1.98. The number of ether oxygens (including phenoxy) is 1. The molecule has 0 aromatic heterocycles. The van der Waals surface area contributed by atoms with Crippen molar-refractivity contribution in [1.29, 1.82) is 0 Å². The molecule has 0 aliphatic carbocycles. The van der Waals surface area contributed by atoms with Gasteiger partial charge in [0.1, 0.15) is 18.9 Å². The molecule has 0 aliphatic heterocycles. The Bertz CT molecular complexity index is 935. The van der Waals surface area contributed by atoms with E-state index in [0.717, 1.165) is 33.0 Å². The molecular weight excluding hydrogens is 388 g/mol. The van der Waals surface area contributed by atoms with E-state index in [-0.39, 0.29) is 19.0 Å². The van der Waals surface area contributed by atoms with E-state index < -0.39 is 10.0 Å². The van der Waals surface area contributed by atoms with Crippen molar-refractivity contribution >= 4 is 21.6 Å². The van der Waals surface area contributed by atoms with Gasteiger partial charge in [-0.05, 0) is 42.5 Å². The highest BCUT2D eigenvalue weighted by molar-refractivity contribution is 7.92. The molecule has 158 valence electrons. The lowest BCUT2D eigenvalue weighted by molar-refractivity contribution is -0.119. The average molecular weight is 419 g/mol. The van der Waals surface area contributed by atoms with Gasteiger partial charge in [0.2, 0.25) is 15.9 Å². The second kappa shape index (κ2) is 9.78. The van der Waals surface area contributed by atoms with Gasteiger partial charge in [0.25, 0.3) is 0 Å². The van der Waals surface area contributed by atoms with Crippen LogP contribution < -0.4 is 14.4 Å². The fraction of sp³-hybridized carbons (Fsp3) is 0.409. The topological polar surface area (TPSA) is 75.7 Å². The van der Waals surface area contributed by atoms with Gasteiger partial charge < -0.3 is 10.1 Å². The van der Waals surface area contributed by atoms with E-state index in [4.69, 9.17) is 4.74 Å². The van der Waals surface area contributed by atoms with Crippen molar-refractivity contribution in [3.05, 3.63) is 59.2 Å². The largest absolute Gasteiger partial charge is 0.491 e. The normalized spacial score (nSPS) is 11.4. The zero-order valence-corrected chi connectivity index (χ0v) is 18.5. The van der Waals surface area contributed by atoms with Crippen molar-refractivity contribution in [1.82, 2.24) is 5.32 Å². The molecule has 2 rings (SSSR count). The van der Waals surface area contributed by atoms with E-state index in [9.17, 15) is 13.2 Å². The van der Waals surface area contributed by atoms with Gasteiger partial charge in [-0.2, -0.15) is 0 Å². The molecular formula is C22H30N2O4S. The summed E-state index contributed by atoms with van der Waals surface area (Å²) in [5.74, 6) is 0.755. The second-order valence-corrected chi connectivity index (χ2v) is 9.31. The average Bonchev–Trinajstić information content (AvgIpc) is 2.63. The first-order valence-corrected chi connectivity index (χ1v) is 11.5. The minimum atomic E-state index is -3.61. The fourth-order valence-corrected chi connectivity index (χ4v) is 4.16. The molecule has 2 aromatic rings. The third-order valence-corrected chi connectivity index (χ3v) is 5.71. The van der Waals surface area contributed by atoms with Crippen LogP contribution in [0.15, 0.2) is 42.5 Å². The maximum atomic E-state index is 12.4. The van der Waals surface area contributed by atoms with Crippen molar-refractivity contribution < 1.29 is 17.9 Å². The fourth-order valence-electron chi connectivity index (χ4n) is 3.19. The smallest absolute Gasteiger partial charge is 0.240 e. The number of aryl methyl sites for hydroxylation is 2. The minimum Gasteiger partial charge on any atom is -0.491 e. The van der Waals surface area contributed by atoms with Crippen LogP contribution in [0.3, 0.4) is 0 Å². The minimum absolute atomic E-state index is 0.271. The van der Waals surface area contributed by atoms with Gasteiger partial charge in [-0.15, -0.1) is 0 Å². The summed E-state index contributed by atoms with van der Waals surface area (Å²) in [7, 11) is -3.61. The molecule has 0 fully saturated rings. The van der Waals surface area contributed by atoms with Crippen LogP contribution in [0.25, 0.3) is 0 Å². The van der Waals surface area contributed by atoms with Crippen molar-refractivity contribution in [3.63, 3.8) is 0 Å². The molecule has 1 amide bonds. The first-order valence-electron chi connectivity index (χ1n) is 9.63. The number of para-hydroxylation sites is 2. The molecule has 6 nitrogen and oxygen atoms in total. The molecule has 29 heavy (non-hydrogen) atoms. The lowest BCUT2D eigenvalue weighted by Gasteiger charge is -2.25. The third-order valence-electron chi connectivity index (χ3n) is 4.60. The highest BCUT2D eigenvalue weighted by Gasteiger charge is 2.23. The van der Waals surface area contributed by atoms with Gasteiger partial charge in [-0.1, -0.05) is 50.2 Å². The Labute approximate surface area is 173 Å². The quantitative estimate of drug-likeness (QED) is 0.634. The Hall–Kier alpha value is -2.54. The van der Waals surface area contributed by atoms with E-state index in [1.807, 2.05) is 56.3 Å². The van der Waals surface area contributed by atoms with Crippen LogP contribution >= 0.6 is 0 Å². The summed E-state index contributed by atoms with van der Waals surface area (Å²) in [6.45, 7) is 8.17. The molecule has 0 heterocycles. The highest BCUT2D eigenvalue weighted by atomic mass is 32.2. The molecule has 7 heteroatoms. The van der Waals surface area contributed by atoms with Crippen molar-refractivity contribution in [3.8, 4) is 5.75 Å². The summed E-state index contributed by atoms with van der Waals surface area (Å²) in [4.78, 5) is 12.4. The SMILES string of the molecule is Cc1cccc(C)c1N(CC(=O)NCCOc1ccccc1C(C)C)S(C)(=O)=O. The summed E-state index contributed by atoms with van der Waals surface area (Å²) in [6.07, 6.45) is 1.11. The summed E-state index contributed by atoms with van der Waals surface area (Å²) >= 11 is 0. The van der Waals surface area contributed by atoms with Crippen LogP contribution in [-0.2, 0) is 14.8 Å². The van der Waals surface area contributed by atoms with Gasteiger partial charge in [0.05, 0.1) is 18.5 Å². The Kier molecular flexibility index (Phi) is 7.67. The molecule has 0 unspecified atom stereocenters. The van der Waals surface area contributed by atoms with E-state index in [1.54, 1.807) is 0 Å². The van der Waals surface area contributed by atoms with Crippen LogP contribution in [0.2, 0.25) is 0 Å². The number of hydrogen-bond donors (Lipinski definition) is 1. The number of nitrogens with zero attached hydrogens (tertiary/aromatic N) is 1. The molecule has 0 radical (unpaired) electrons. The van der Waals surface area contributed by atoms with E-state index >= 15 is 0 Å². The zero-order valence-electron chi connectivity index (χ0n) is 17.7. The van der Waals surface area contributed by atoms with Crippen molar-refractivity contribution in [2.45, 2.75) is 33.6 Å². The number of nitrogens with one attached hydrogen (secondary N) is 1. The molecule has 0 bridgehead atoms. The van der Waals surface area contributed by atoms with Gasteiger partial charge in [0, 0.05) is 0 Å². The maximum Gasteiger partial charge on any atom is 0.240 e. The summed E-state index contributed by atoms with van der Waals surface area (Å²) in [5.41, 5.74) is 3.26. The summed E-state index contributed by atoms with van der Waals surface area (Å²) in [6, 6.07) is 13.3. The summed E-state index contributed by atoms with van der Waals surface area (Å²) < 4.78 is 31.6. The standard InChI is InChI=1S/C22H30N2O4S/c1-16(2)19-11-6-7-12-20(19)28-14-13-23-21(25)15-24(29(5,26)27)22-17(3)9-8-10-18(22)4/h6-12,16H,13-15H2,1-5H3,(H,23,25). The van der Waals surface area contributed by atoms with Gasteiger partial charge in [-0.3, -0.25) is 9.10 Å². The van der Waals surface area contributed by atoms with Crippen LogP contribution in [0.4, 0.5) is 5.69 Å².